The van der Waals surface area contributed by atoms with Gasteiger partial charge in [-0.2, -0.15) is 0 Å². The van der Waals surface area contributed by atoms with E-state index in [2.05, 4.69) is 44.0 Å². The number of alkyl carbamates (subject to hydrolysis) is 1. The van der Waals surface area contributed by atoms with Gasteiger partial charge in [-0.25, -0.2) is 4.79 Å². The number of nitrogens with one attached hydrogen (secondary N) is 6. The number of carbonyl (C=O) groups is 6. The quantitative estimate of drug-likeness (QED) is 0.0720. The third kappa shape index (κ3) is 12.6. The summed E-state index contributed by atoms with van der Waals surface area (Å²) in [7, 11) is 1.67. The molecule has 2 aliphatic carbocycles. The van der Waals surface area contributed by atoms with Crippen LogP contribution in [0.4, 0.5) is 4.79 Å². The Labute approximate surface area is 406 Å². The van der Waals surface area contributed by atoms with Crippen LogP contribution in [0.25, 0.3) is 0 Å². The number of amides is 6. The molecule has 4 aromatic carbocycles. The summed E-state index contributed by atoms with van der Waals surface area (Å²) in [4.78, 5) is 85.9. The predicted molar refractivity (Wildman–Crippen MR) is 265 cm³/mol. The molecule has 3 aliphatic rings. The van der Waals surface area contributed by atoms with Gasteiger partial charge in [-0.15, -0.1) is 0 Å². The van der Waals surface area contributed by atoms with E-state index < -0.39 is 53.5 Å². The van der Waals surface area contributed by atoms with Gasteiger partial charge in [0.1, 0.15) is 24.7 Å². The number of aryl methyl sites for hydroxylation is 2. The molecule has 0 radical (unpaired) electrons. The van der Waals surface area contributed by atoms with Gasteiger partial charge < -0.3 is 41.5 Å². The number of ether oxygens (including phenoxy) is 1. The molecule has 0 aromatic heterocycles. The molecule has 6 N–H and O–H groups in total. The van der Waals surface area contributed by atoms with Crippen molar-refractivity contribution in [2.24, 2.45) is 5.41 Å². The van der Waals surface area contributed by atoms with E-state index >= 15 is 0 Å². The summed E-state index contributed by atoms with van der Waals surface area (Å²) in [5.74, 6) is -1.80. The van der Waals surface area contributed by atoms with Gasteiger partial charge in [0.2, 0.25) is 23.6 Å². The number of carbonyl (C=O) groups excluding carboxylic acids is 6. The predicted octanol–water partition coefficient (Wildman–Crippen LogP) is 6.66. The van der Waals surface area contributed by atoms with Gasteiger partial charge in [-0.05, 0) is 122 Å². The Morgan fingerprint density at radius 2 is 1.35 bits per heavy atom. The van der Waals surface area contributed by atoms with E-state index in [1.807, 2.05) is 100 Å². The Kier molecular flexibility index (Phi) is 16.6. The first kappa shape index (κ1) is 50.3. The number of benzene rings is 4. The van der Waals surface area contributed by atoms with Gasteiger partial charge in [0.15, 0.2) is 0 Å². The van der Waals surface area contributed by atoms with Crippen LogP contribution in [0.1, 0.15) is 135 Å². The molecular formula is C55H69N7O7. The second-order valence-electron chi connectivity index (χ2n) is 19.9. The van der Waals surface area contributed by atoms with Crippen LogP contribution >= 0.6 is 0 Å². The van der Waals surface area contributed by atoms with Gasteiger partial charge in [0, 0.05) is 24.6 Å². The highest BCUT2D eigenvalue weighted by Gasteiger charge is 2.43. The number of likely N-dealkylation sites (N-methyl/N-ethyl adjacent to an activating group) is 1. The van der Waals surface area contributed by atoms with Crippen LogP contribution in [0, 0.1) is 5.41 Å². The minimum Gasteiger partial charge on any atom is -0.445 e. The van der Waals surface area contributed by atoms with Crippen LogP contribution in [0.3, 0.4) is 0 Å². The maximum Gasteiger partial charge on any atom is 0.408 e. The van der Waals surface area contributed by atoms with Crippen molar-refractivity contribution in [3.63, 3.8) is 0 Å². The number of hydrogen-bond acceptors (Lipinski definition) is 8. The number of rotatable bonds is 16. The lowest BCUT2D eigenvalue weighted by molar-refractivity contribution is -0.147. The standard InChI is InChI=1S/C55H69N7O7/c1-7-41(31-46(60-54(68)69-33-35-17-9-8-10-18-35)51(65)58-44-25-15-21-36-19-11-13-23-42(36)44)57-50(64)39-28-27-38-30-47(52(66)59-45-26-16-22-37-20-12-14-24-43(37)45)62(32-40(38)29-39)53(67)48(55(3,4)5)61-49(63)34(2)56-6/h8-14,17-20,23-24,27-29,34,41,44-48,56H,7,15-16,21-22,25-26,30-33H2,1-6H3,(H,57,64)(H,58,65)(H,59,66)(H,60,68)(H,61,63)/t34-,41+,44+,45+,46-,47-,48+/m0/s1. The molecule has 7 rings (SSSR count). The van der Waals surface area contributed by atoms with Gasteiger partial charge in [0.25, 0.3) is 5.91 Å². The van der Waals surface area contributed by atoms with E-state index in [0.29, 0.717) is 17.5 Å². The molecule has 14 heteroatoms. The molecule has 0 saturated heterocycles. The lowest BCUT2D eigenvalue weighted by Crippen LogP contribution is -2.62. The monoisotopic (exact) mass is 940 g/mol. The van der Waals surface area contributed by atoms with Crippen LogP contribution in [0.15, 0.2) is 97.1 Å². The average Bonchev–Trinajstić information content (AvgIpc) is 3.35. The Morgan fingerprint density at radius 1 is 0.725 bits per heavy atom. The Hall–Kier alpha value is -6.54. The number of nitrogens with zero attached hydrogens (tertiary/aromatic N) is 1. The van der Waals surface area contributed by atoms with Crippen LogP contribution in [-0.4, -0.2) is 77.8 Å². The molecule has 4 aromatic rings. The van der Waals surface area contributed by atoms with Crippen LogP contribution < -0.4 is 31.9 Å². The van der Waals surface area contributed by atoms with Gasteiger partial charge in [-0.3, -0.25) is 24.0 Å². The second-order valence-corrected chi connectivity index (χ2v) is 19.9. The summed E-state index contributed by atoms with van der Waals surface area (Å²) in [6.07, 6.45) is 5.20. The first-order valence-corrected chi connectivity index (χ1v) is 24.6. The van der Waals surface area contributed by atoms with Crippen molar-refractivity contribution < 1.29 is 33.5 Å². The Bertz CT molecular complexity index is 2490. The van der Waals surface area contributed by atoms with Crippen LogP contribution in [0.5, 0.6) is 0 Å². The maximum absolute atomic E-state index is 14.9. The summed E-state index contributed by atoms with van der Waals surface area (Å²) in [5, 5.41) is 18.3. The van der Waals surface area contributed by atoms with E-state index in [0.717, 1.165) is 60.8 Å². The highest BCUT2D eigenvalue weighted by molar-refractivity contribution is 5.96. The summed E-state index contributed by atoms with van der Waals surface area (Å²) >= 11 is 0. The van der Waals surface area contributed by atoms with E-state index in [-0.39, 0.29) is 55.8 Å². The molecule has 1 heterocycles. The zero-order valence-corrected chi connectivity index (χ0v) is 40.9. The van der Waals surface area contributed by atoms with E-state index in [1.54, 1.807) is 31.0 Å². The minimum absolute atomic E-state index is 0.0216. The molecule has 0 spiro atoms. The van der Waals surface area contributed by atoms with Gasteiger partial charge in [0.05, 0.1) is 18.1 Å². The molecule has 6 amide bonds. The smallest absolute Gasteiger partial charge is 0.408 e. The van der Waals surface area contributed by atoms with Crippen molar-refractivity contribution in [2.75, 3.05) is 7.05 Å². The summed E-state index contributed by atoms with van der Waals surface area (Å²) < 4.78 is 5.55. The number of hydrogen-bond donors (Lipinski definition) is 6. The third-order valence-corrected chi connectivity index (χ3v) is 14.0. The van der Waals surface area contributed by atoms with Crippen molar-refractivity contribution in [2.45, 2.75) is 148 Å². The lowest BCUT2D eigenvalue weighted by atomic mass is 9.83. The molecule has 0 saturated carbocycles. The fourth-order valence-corrected chi connectivity index (χ4v) is 9.77. The Morgan fingerprint density at radius 3 is 1.97 bits per heavy atom. The average molecular weight is 940 g/mol. The summed E-state index contributed by atoms with van der Waals surface area (Å²) in [5.41, 5.74) is 6.45. The highest BCUT2D eigenvalue weighted by Crippen LogP contribution is 2.33. The fraction of sp³-hybridized carbons (Fsp3) is 0.455. The van der Waals surface area contributed by atoms with E-state index in [9.17, 15) is 28.8 Å². The van der Waals surface area contributed by atoms with Crippen molar-refractivity contribution in [1.82, 2.24) is 36.8 Å². The SMILES string of the molecule is CC[C@H](C[C@H](NC(=O)OCc1ccccc1)C(=O)N[C@@H]1CCCc2ccccc21)NC(=O)c1ccc2c(c1)CN(C(=O)[C@@H](NC(=O)[C@H](C)NC)C(C)(C)C)[C@H](C(=O)N[C@@H]1CCCc3ccccc31)C2. The topological polar surface area (TPSA) is 187 Å². The maximum atomic E-state index is 14.9. The summed E-state index contributed by atoms with van der Waals surface area (Å²) in [6, 6.07) is 26.3. The lowest BCUT2D eigenvalue weighted by Gasteiger charge is -2.42. The molecule has 0 fully saturated rings. The van der Waals surface area contributed by atoms with Crippen LogP contribution in [0.2, 0.25) is 0 Å². The molecule has 7 atom stereocenters. The van der Waals surface area contributed by atoms with Crippen molar-refractivity contribution in [3.05, 3.63) is 142 Å². The zero-order chi connectivity index (χ0) is 49.2. The molecule has 0 bridgehead atoms. The van der Waals surface area contributed by atoms with Gasteiger partial charge >= 0.3 is 6.09 Å². The molecule has 69 heavy (non-hydrogen) atoms. The first-order chi connectivity index (χ1) is 33.1. The molecule has 14 nitrogen and oxygen atoms in total. The molecule has 1 aliphatic heterocycles. The second kappa shape index (κ2) is 22.7. The molecule has 0 unspecified atom stereocenters. The van der Waals surface area contributed by atoms with Crippen molar-refractivity contribution in [1.29, 1.82) is 0 Å². The largest absolute Gasteiger partial charge is 0.445 e. The molecule has 366 valence electrons. The highest BCUT2D eigenvalue weighted by atomic mass is 16.5. The van der Waals surface area contributed by atoms with E-state index in [4.69, 9.17) is 4.74 Å². The zero-order valence-electron chi connectivity index (χ0n) is 40.9. The minimum atomic E-state index is -1.03. The molecular weight excluding hydrogens is 871 g/mol. The van der Waals surface area contributed by atoms with Crippen LogP contribution in [-0.2, 0) is 56.3 Å². The third-order valence-electron chi connectivity index (χ3n) is 14.0. The van der Waals surface area contributed by atoms with Crippen molar-refractivity contribution in [3.8, 4) is 0 Å². The first-order valence-electron chi connectivity index (χ1n) is 24.6. The van der Waals surface area contributed by atoms with Gasteiger partial charge in [-0.1, -0.05) is 113 Å². The van der Waals surface area contributed by atoms with Crippen molar-refractivity contribution >= 4 is 35.6 Å². The number of fused-ring (bicyclic) bond motifs is 3. The fourth-order valence-electron chi connectivity index (χ4n) is 9.77. The summed E-state index contributed by atoms with van der Waals surface area (Å²) in [6.45, 7) is 9.31. The van der Waals surface area contributed by atoms with E-state index in [1.165, 1.54) is 11.1 Å². The normalized spacial score (nSPS) is 19.2. The Balaban J connectivity index is 1.11.